The van der Waals surface area contributed by atoms with Gasteiger partial charge in [-0.3, -0.25) is 0 Å². The van der Waals surface area contributed by atoms with E-state index in [1.54, 1.807) is 0 Å². The summed E-state index contributed by atoms with van der Waals surface area (Å²) in [5, 5.41) is 10.8. The second-order valence-electron chi connectivity index (χ2n) is 7.02. The number of rotatable bonds is 7. The fourth-order valence-corrected chi connectivity index (χ4v) is 3.74. The van der Waals surface area contributed by atoms with Crippen LogP contribution in [0.2, 0.25) is 0 Å². The first-order valence-corrected chi connectivity index (χ1v) is 9.84. The summed E-state index contributed by atoms with van der Waals surface area (Å²) in [5.74, 6) is 0. The van der Waals surface area contributed by atoms with Crippen LogP contribution in [-0.4, -0.2) is 11.7 Å². The van der Waals surface area contributed by atoms with Gasteiger partial charge in [-0.1, -0.05) is 121 Å². The van der Waals surface area contributed by atoms with E-state index >= 15 is 0 Å². The molecule has 0 aromatic heterocycles. The van der Waals surface area contributed by atoms with Gasteiger partial charge < -0.3 is 9.84 Å². The normalized spacial score (nSPS) is 12.4. The SMILES string of the molecule is O[C@H](COC(c1ccccc1)(c1ccccc1)c1ccccc1)c1ccccc1. The van der Waals surface area contributed by atoms with Crippen molar-refractivity contribution in [3.8, 4) is 0 Å². The van der Waals surface area contributed by atoms with Gasteiger partial charge in [-0.25, -0.2) is 0 Å². The highest BCUT2D eigenvalue weighted by Crippen LogP contribution is 2.41. The van der Waals surface area contributed by atoms with Crippen molar-refractivity contribution in [1.29, 1.82) is 0 Å². The van der Waals surface area contributed by atoms with Crippen molar-refractivity contribution in [3.05, 3.63) is 144 Å². The molecule has 0 aliphatic heterocycles. The van der Waals surface area contributed by atoms with Gasteiger partial charge in [-0.05, 0) is 22.3 Å². The Morgan fingerprint density at radius 1 is 0.552 bits per heavy atom. The Labute approximate surface area is 172 Å². The zero-order chi connectivity index (χ0) is 19.9. The Hall–Kier alpha value is -3.20. The average Bonchev–Trinajstić information content (AvgIpc) is 2.82. The van der Waals surface area contributed by atoms with Crippen molar-refractivity contribution < 1.29 is 9.84 Å². The van der Waals surface area contributed by atoms with Crippen LogP contribution in [0.15, 0.2) is 121 Å². The summed E-state index contributed by atoms with van der Waals surface area (Å²) in [6.07, 6.45) is -0.716. The van der Waals surface area contributed by atoms with Gasteiger partial charge in [0.2, 0.25) is 0 Å². The summed E-state index contributed by atoms with van der Waals surface area (Å²) in [4.78, 5) is 0. The fourth-order valence-electron chi connectivity index (χ4n) is 3.74. The van der Waals surface area contributed by atoms with Gasteiger partial charge in [0.05, 0.1) is 6.61 Å². The lowest BCUT2D eigenvalue weighted by Gasteiger charge is -2.36. The first kappa shape index (κ1) is 19.1. The monoisotopic (exact) mass is 380 g/mol. The molecule has 144 valence electrons. The first-order valence-electron chi connectivity index (χ1n) is 9.84. The van der Waals surface area contributed by atoms with Gasteiger partial charge in [-0.2, -0.15) is 0 Å². The van der Waals surface area contributed by atoms with Crippen molar-refractivity contribution >= 4 is 0 Å². The average molecular weight is 380 g/mol. The predicted octanol–water partition coefficient (Wildman–Crippen LogP) is 5.73. The molecule has 0 unspecified atom stereocenters. The van der Waals surface area contributed by atoms with Crippen molar-refractivity contribution in [2.45, 2.75) is 11.7 Å². The van der Waals surface area contributed by atoms with E-state index in [2.05, 4.69) is 36.4 Å². The fraction of sp³-hybridized carbons (Fsp3) is 0.111. The van der Waals surface area contributed by atoms with Crippen LogP contribution in [-0.2, 0) is 10.3 Å². The molecule has 4 aromatic rings. The van der Waals surface area contributed by atoms with E-state index in [9.17, 15) is 5.11 Å². The smallest absolute Gasteiger partial charge is 0.143 e. The lowest BCUT2D eigenvalue weighted by Crippen LogP contribution is -2.34. The quantitative estimate of drug-likeness (QED) is 0.415. The third kappa shape index (κ3) is 4.00. The topological polar surface area (TPSA) is 29.5 Å². The number of aliphatic hydroxyl groups is 1. The molecule has 0 saturated heterocycles. The Balaban J connectivity index is 1.82. The van der Waals surface area contributed by atoms with E-state index in [1.807, 2.05) is 84.9 Å². The van der Waals surface area contributed by atoms with Crippen LogP contribution in [0.4, 0.5) is 0 Å². The van der Waals surface area contributed by atoms with E-state index in [-0.39, 0.29) is 6.61 Å². The molecule has 0 radical (unpaired) electrons. The lowest BCUT2D eigenvalue weighted by atomic mass is 9.80. The minimum Gasteiger partial charge on any atom is -0.386 e. The van der Waals surface area contributed by atoms with Crippen molar-refractivity contribution in [2.75, 3.05) is 6.61 Å². The summed E-state index contributed by atoms with van der Waals surface area (Å²) < 4.78 is 6.65. The molecule has 1 N–H and O–H groups in total. The van der Waals surface area contributed by atoms with Crippen LogP contribution in [0.1, 0.15) is 28.4 Å². The first-order chi connectivity index (χ1) is 14.3. The Kier molecular flexibility index (Phi) is 5.85. The number of aliphatic hydroxyl groups excluding tert-OH is 1. The molecule has 4 aromatic carbocycles. The van der Waals surface area contributed by atoms with Crippen LogP contribution < -0.4 is 0 Å². The third-order valence-corrected chi connectivity index (χ3v) is 5.18. The maximum absolute atomic E-state index is 10.8. The van der Waals surface area contributed by atoms with Crippen LogP contribution in [0, 0.1) is 0 Å². The minimum atomic E-state index is -0.820. The molecule has 0 amide bonds. The number of benzene rings is 4. The Morgan fingerprint density at radius 2 is 0.897 bits per heavy atom. The van der Waals surface area contributed by atoms with E-state index < -0.39 is 11.7 Å². The standard InChI is InChI=1S/C27H24O2/c28-26(22-13-5-1-6-14-22)21-29-27(23-15-7-2-8-16-23,24-17-9-3-10-18-24)25-19-11-4-12-20-25/h1-20,26,28H,21H2/t26-/m1/s1. The molecule has 0 aliphatic rings. The third-order valence-electron chi connectivity index (χ3n) is 5.18. The Bertz CT molecular complexity index is 903. The molecule has 0 spiro atoms. The lowest BCUT2D eigenvalue weighted by molar-refractivity contribution is -0.0390. The zero-order valence-electron chi connectivity index (χ0n) is 16.2. The molecule has 2 heteroatoms. The summed E-state index contributed by atoms with van der Waals surface area (Å²) in [6, 6.07) is 40.2. The van der Waals surface area contributed by atoms with Gasteiger partial charge in [-0.15, -0.1) is 0 Å². The Morgan fingerprint density at radius 3 is 1.28 bits per heavy atom. The molecule has 0 heterocycles. The molecule has 4 rings (SSSR count). The highest BCUT2D eigenvalue weighted by atomic mass is 16.5. The highest BCUT2D eigenvalue weighted by Gasteiger charge is 2.38. The molecule has 0 fully saturated rings. The molecule has 0 aliphatic carbocycles. The number of hydrogen-bond acceptors (Lipinski definition) is 2. The maximum atomic E-state index is 10.8. The van der Waals surface area contributed by atoms with Gasteiger partial charge in [0, 0.05) is 0 Å². The zero-order valence-corrected chi connectivity index (χ0v) is 16.2. The van der Waals surface area contributed by atoms with E-state index in [4.69, 9.17) is 4.74 Å². The molecule has 2 nitrogen and oxygen atoms in total. The highest BCUT2D eigenvalue weighted by molar-refractivity contribution is 5.47. The van der Waals surface area contributed by atoms with Crippen molar-refractivity contribution in [3.63, 3.8) is 0 Å². The van der Waals surface area contributed by atoms with Crippen LogP contribution in [0.25, 0.3) is 0 Å². The van der Waals surface area contributed by atoms with Crippen molar-refractivity contribution in [2.24, 2.45) is 0 Å². The van der Waals surface area contributed by atoms with Gasteiger partial charge in [0.15, 0.2) is 0 Å². The maximum Gasteiger partial charge on any atom is 0.143 e. The van der Waals surface area contributed by atoms with Crippen LogP contribution in [0.3, 0.4) is 0 Å². The minimum absolute atomic E-state index is 0.169. The van der Waals surface area contributed by atoms with E-state index in [0.717, 1.165) is 22.3 Å². The predicted molar refractivity (Wildman–Crippen MR) is 117 cm³/mol. The van der Waals surface area contributed by atoms with Gasteiger partial charge >= 0.3 is 0 Å². The second-order valence-corrected chi connectivity index (χ2v) is 7.02. The molecule has 1 atom stereocenters. The van der Waals surface area contributed by atoms with E-state index in [0.29, 0.717) is 0 Å². The number of ether oxygens (including phenoxy) is 1. The number of hydrogen-bond donors (Lipinski definition) is 1. The summed E-state index contributed by atoms with van der Waals surface area (Å²) in [5.41, 5.74) is 3.10. The molecule has 0 bridgehead atoms. The second kappa shape index (κ2) is 8.87. The molecule has 29 heavy (non-hydrogen) atoms. The van der Waals surface area contributed by atoms with Crippen molar-refractivity contribution in [1.82, 2.24) is 0 Å². The summed E-state index contributed by atoms with van der Waals surface area (Å²) in [6.45, 7) is 0.169. The molecular weight excluding hydrogens is 356 g/mol. The van der Waals surface area contributed by atoms with Gasteiger partial charge in [0.1, 0.15) is 11.7 Å². The summed E-state index contributed by atoms with van der Waals surface area (Å²) >= 11 is 0. The van der Waals surface area contributed by atoms with Crippen LogP contribution in [0.5, 0.6) is 0 Å². The van der Waals surface area contributed by atoms with E-state index in [1.165, 1.54) is 0 Å². The summed E-state index contributed by atoms with van der Waals surface area (Å²) in [7, 11) is 0. The largest absolute Gasteiger partial charge is 0.386 e. The molecular formula is C27H24O2. The van der Waals surface area contributed by atoms with Crippen LogP contribution >= 0.6 is 0 Å². The van der Waals surface area contributed by atoms with Gasteiger partial charge in [0.25, 0.3) is 0 Å². The molecule has 0 saturated carbocycles.